The molecule has 1 aliphatic heterocycles. The first-order chi connectivity index (χ1) is 9.80. The number of aromatic nitrogens is 1. The van der Waals surface area contributed by atoms with E-state index in [1.807, 2.05) is 23.9 Å². The van der Waals surface area contributed by atoms with E-state index in [1.165, 1.54) is 37.0 Å². The van der Waals surface area contributed by atoms with Crippen LogP contribution in [0, 0.1) is 5.41 Å². The maximum absolute atomic E-state index is 5.14. The summed E-state index contributed by atoms with van der Waals surface area (Å²) >= 11 is 1.88. The molecule has 3 rings (SSSR count). The second-order valence-corrected chi connectivity index (χ2v) is 6.64. The first-order valence-electron chi connectivity index (χ1n) is 7.20. The van der Waals surface area contributed by atoms with Gasteiger partial charge in [0, 0.05) is 31.1 Å². The molecule has 20 heavy (non-hydrogen) atoms. The number of amidine groups is 1. The zero-order valence-corrected chi connectivity index (χ0v) is 12.7. The summed E-state index contributed by atoms with van der Waals surface area (Å²) in [5, 5.41) is 4.51. The summed E-state index contributed by atoms with van der Waals surface area (Å²) in [5.41, 5.74) is 1.68. The van der Waals surface area contributed by atoms with Crippen LogP contribution in [-0.2, 0) is 6.54 Å². The zero-order valence-electron chi connectivity index (χ0n) is 11.9. The Morgan fingerprint density at radius 2 is 2.25 bits per heavy atom. The van der Waals surface area contributed by atoms with Crippen LogP contribution in [-0.4, -0.2) is 29.6 Å². The van der Waals surface area contributed by atoms with E-state index >= 15 is 0 Å². The van der Waals surface area contributed by atoms with Gasteiger partial charge in [0.05, 0.1) is 7.11 Å². The molecule has 1 fully saturated rings. The van der Waals surface area contributed by atoms with Crippen molar-refractivity contribution in [2.45, 2.75) is 32.2 Å². The predicted octanol–water partition coefficient (Wildman–Crippen LogP) is 2.84. The van der Waals surface area contributed by atoms with Gasteiger partial charge < -0.3 is 10.1 Å². The lowest BCUT2D eigenvalue weighted by atomic mass is 9.89. The lowest BCUT2D eigenvalue weighted by molar-refractivity contribution is 0.358. The quantitative estimate of drug-likeness (QED) is 0.930. The Bertz CT molecular complexity index is 498. The molecule has 1 aromatic heterocycles. The van der Waals surface area contributed by atoms with Gasteiger partial charge in [-0.15, -0.1) is 0 Å². The standard InChI is InChI=1S/C15H21N3OS/c1-19-13-8-12(4-7-16-13)9-17-14-18-10-15(11-20-14)5-2-3-6-15/h4,7-8H,2-3,5-6,9-11H2,1H3,(H,17,18). The monoisotopic (exact) mass is 291 g/mol. The normalized spacial score (nSPS) is 20.8. The number of nitrogens with one attached hydrogen (secondary N) is 1. The van der Waals surface area contributed by atoms with Crippen molar-refractivity contribution in [1.82, 2.24) is 10.3 Å². The van der Waals surface area contributed by atoms with Gasteiger partial charge in [-0.25, -0.2) is 4.98 Å². The average molecular weight is 291 g/mol. The molecule has 0 atom stereocenters. The molecule has 0 aromatic carbocycles. The molecule has 0 amide bonds. The molecule has 5 heteroatoms. The van der Waals surface area contributed by atoms with Gasteiger partial charge in [-0.2, -0.15) is 0 Å². The number of thioether (sulfide) groups is 1. The minimum Gasteiger partial charge on any atom is -0.481 e. The Morgan fingerprint density at radius 3 is 2.95 bits per heavy atom. The molecule has 1 N–H and O–H groups in total. The number of nitrogens with zero attached hydrogens (tertiary/aromatic N) is 2. The Balaban J connectivity index is 1.55. The van der Waals surface area contributed by atoms with E-state index in [0.29, 0.717) is 11.3 Å². The molecule has 1 saturated carbocycles. The molecule has 4 nitrogen and oxygen atoms in total. The fourth-order valence-electron chi connectivity index (χ4n) is 2.94. The summed E-state index contributed by atoms with van der Waals surface area (Å²) in [4.78, 5) is 8.86. The van der Waals surface area contributed by atoms with Crippen LogP contribution in [0.3, 0.4) is 0 Å². The number of aliphatic imine (C=N–C) groups is 1. The highest BCUT2D eigenvalue weighted by atomic mass is 32.2. The van der Waals surface area contributed by atoms with Crippen LogP contribution in [0.15, 0.2) is 23.3 Å². The van der Waals surface area contributed by atoms with E-state index in [1.54, 1.807) is 13.3 Å². The van der Waals surface area contributed by atoms with Crippen molar-refractivity contribution in [2.75, 3.05) is 19.4 Å². The van der Waals surface area contributed by atoms with E-state index < -0.39 is 0 Å². The second-order valence-electron chi connectivity index (χ2n) is 5.68. The highest BCUT2D eigenvalue weighted by Gasteiger charge is 2.36. The summed E-state index contributed by atoms with van der Waals surface area (Å²) in [5.74, 6) is 1.88. The van der Waals surface area contributed by atoms with Gasteiger partial charge in [-0.3, -0.25) is 4.99 Å². The molecule has 0 unspecified atom stereocenters. The van der Waals surface area contributed by atoms with Crippen molar-refractivity contribution >= 4 is 16.9 Å². The number of methoxy groups -OCH3 is 1. The molecule has 0 saturated heterocycles. The minimum absolute atomic E-state index is 0.510. The molecule has 0 radical (unpaired) electrons. The minimum atomic E-state index is 0.510. The SMILES string of the molecule is COc1cc(CNC2=NCC3(CCCC3)CS2)ccn1. The fraction of sp³-hybridized carbons (Fsp3) is 0.600. The number of rotatable bonds is 3. The summed E-state index contributed by atoms with van der Waals surface area (Å²) in [7, 11) is 1.64. The predicted molar refractivity (Wildman–Crippen MR) is 83.3 cm³/mol. The summed E-state index contributed by atoms with van der Waals surface area (Å²) in [6.45, 7) is 1.78. The molecule has 108 valence electrons. The molecule has 1 aromatic rings. The van der Waals surface area contributed by atoms with Crippen molar-refractivity contribution in [3.63, 3.8) is 0 Å². The first-order valence-corrected chi connectivity index (χ1v) is 8.18. The van der Waals surface area contributed by atoms with E-state index in [4.69, 9.17) is 9.73 Å². The van der Waals surface area contributed by atoms with Gasteiger partial charge in [0.25, 0.3) is 0 Å². The number of hydrogen-bond acceptors (Lipinski definition) is 5. The van der Waals surface area contributed by atoms with E-state index in [2.05, 4.69) is 10.3 Å². The summed E-state index contributed by atoms with van der Waals surface area (Å²) in [6.07, 6.45) is 7.27. The molecular formula is C15H21N3OS. The van der Waals surface area contributed by atoms with Gasteiger partial charge in [-0.1, -0.05) is 24.6 Å². The molecular weight excluding hydrogens is 270 g/mol. The van der Waals surface area contributed by atoms with Crippen LogP contribution in [0.4, 0.5) is 0 Å². The van der Waals surface area contributed by atoms with Gasteiger partial charge in [-0.05, 0) is 29.9 Å². The Labute approximate surface area is 124 Å². The van der Waals surface area contributed by atoms with E-state index in [0.717, 1.165) is 18.3 Å². The highest BCUT2D eigenvalue weighted by molar-refractivity contribution is 8.13. The Morgan fingerprint density at radius 1 is 1.40 bits per heavy atom. The fourth-order valence-corrected chi connectivity index (χ4v) is 4.09. The number of ether oxygens (including phenoxy) is 1. The van der Waals surface area contributed by atoms with Crippen molar-refractivity contribution in [3.8, 4) is 5.88 Å². The number of pyridine rings is 1. The van der Waals surface area contributed by atoms with Gasteiger partial charge in [0.2, 0.25) is 5.88 Å². The smallest absolute Gasteiger partial charge is 0.213 e. The van der Waals surface area contributed by atoms with Gasteiger partial charge in [0.15, 0.2) is 5.17 Å². The lowest BCUT2D eigenvalue weighted by Gasteiger charge is -2.31. The van der Waals surface area contributed by atoms with Crippen molar-refractivity contribution < 1.29 is 4.74 Å². The molecule has 1 aliphatic carbocycles. The molecule has 2 heterocycles. The van der Waals surface area contributed by atoms with Crippen molar-refractivity contribution in [1.29, 1.82) is 0 Å². The third-order valence-electron chi connectivity index (χ3n) is 4.19. The maximum atomic E-state index is 5.14. The van der Waals surface area contributed by atoms with Gasteiger partial charge >= 0.3 is 0 Å². The third kappa shape index (κ3) is 3.08. The molecule has 2 aliphatic rings. The van der Waals surface area contributed by atoms with Crippen LogP contribution in [0.2, 0.25) is 0 Å². The second kappa shape index (κ2) is 6.04. The summed E-state index contributed by atoms with van der Waals surface area (Å²) in [6, 6.07) is 3.96. The largest absolute Gasteiger partial charge is 0.481 e. The van der Waals surface area contributed by atoms with Crippen LogP contribution >= 0.6 is 11.8 Å². The van der Waals surface area contributed by atoms with Crippen molar-refractivity contribution in [2.24, 2.45) is 10.4 Å². The first kappa shape index (κ1) is 13.7. The van der Waals surface area contributed by atoms with Gasteiger partial charge in [0.1, 0.15) is 0 Å². The molecule has 0 bridgehead atoms. The zero-order chi connectivity index (χ0) is 13.8. The Kier molecular flexibility index (Phi) is 4.15. The van der Waals surface area contributed by atoms with Crippen LogP contribution in [0.5, 0.6) is 5.88 Å². The topological polar surface area (TPSA) is 46.5 Å². The molecule has 1 spiro atoms. The van der Waals surface area contributed by atoms with E-state index in [-0.39, 0.29) is 0 Å². The lowest BCUT2D eigenvalue weighted by Crippen LogP contribution is -2.33. The van der Waals surface area contributed by atoms with Crippen LogP contribution in [0.1, 0.15) is 31.2 Å². The summed E-state index contributed by atoms with van der Waals surface area (Å²) < 4.78 is 5.14. The highest BCUT2D eigenvalue weighted by Crippen LogP contribution is 2.43. The third-order valence-corrected chi connectivity index (χ3v) is 5.49. The van der Waals surface area contributed by atoms with E-state index in [9.17, 15) is 0 Å². The Hall–Kier alpha value is -1.23. The average Bonchev–Trinajstić information content (AvgIpc) is 2.95. The van der Waals surface area contributed by atoms with Crippen LogP contribution < -0.4 is 10.1 Å². The van der Waals surface area contributed by atoms with Crippen molar-refractivity contribution in [3.05, 3.63) is 23.9 Å². The maximum Gasteiger partial charge on any atom is 0.213 e. The number of hydrogen-bond donors (Lipinski definition) is 1. The van der Waals surface area contributed by atoms with Crippen LogP contribution in [0.25, 0.3) is 0 Å².